The molecular formula is C18H19N3O3. The fourth-order valence-corrected chi connectivity index (χ4v) is 3.50. The van der Waals surface area contributed by atoms with Gasteiger partial charge in [-0.1, -0.05) is 30.3 Å². The molecule has 1 amide bonds. The van der Waals surface area contributed by atoms with Crippen molar-refractivity contribution in [3.63, 3.8) is 0 Å². The van der Waals surface area contributed by atoms with Gasteiger partial charge in [0.25, 0.3) is 5.89 Å². The molecule has 6 nitrogen and oxygen atoms in total. The number of aromatic nitrogens is 2. The zero-order chi connectivity index (χ0) is 16.7. The van der Waals surface area contributed by atoms with Crippen LogP contribution in [0.2, 0.25) is 0 Å². The molecule has 124 valence electrons. The molecule has 0 bridgehead atoms. The number of para-hydroxylation sites is 1. The summed E-state index contributed by atoms with van der Waals surface area (Å²) in [5, 5.41) is 5.18. The summed E-state index contributed by atoms with van der Waals surface area (Å²) >= 11 is 0. The van der Waals surface area contributed by atoms with E-state index in [0.717, 1.165) is 42.3 Å². The first-order valence-electron chi connectivity index (χ1n) is 8.30. The Kier molecular flexibility index (Phi) is 3.59. The Bertz CT molecular complexity index is 896. The second kappa shape index (κ2) is 5.78. The molecule has 0 saturated carbocycles. The van der Waals surface area contributed by atoms with Crippen LogP contribution in [0.1, 0.15) is 44.1 Å². The van der Waals surface area contributed by atoms with Crippen molar-refractivity contribution in [3.8, 4) is 11.7 Å². The van der Waals surface area contributed by atoms with Crippen molar-refractivity contribution in [1.29, 1.82) is 0 Å². The van der Waals surface area contributed by atoms with Gasteiger partial charge in [0.15, 0.2) is 11.6 Å². The first kappa shape index (κ1) is 14.9. The van der Waals surface area contributed by atoms with Gasteiger partial charge in [-0.3, -0.25) is 4.79 Å². The molecule has 24 heavy (non-hydrogen) atoms. The Morgan fingerprint density at radius 2 is 2.21 bits per heavy atom. The summed E-state index contributed by atoms with van der Waals surface area (Å²) in [5.41, 5.74) is 1.88. The molecule has 4 rings (SSSR count). The van der Waals surface area contributed by atoms with E-state index in [1.165, 1.54) is 0 Å². The Labute approximate surface area is 139 Å². The lowest BCUT2D eigenvalue weighted by Crippen LogP contribution is -2.28. The van der Waals surface area contributed by atoms with Crippen LogP contribution >= 0.6 is 0 Å². The van der Waals surface area contributed by atoms with E-state index in [2.05, 4.69) is 17.1 Å². The normalized spacial score (nSPS) is 17.8. The number of benzene rings is 1. The molecule has 0 radical (unpaired) electrons. The summed E-state index contributed by atoms with van der Waals surface area (Å²) in [6, 6.07) is 7.80. The number of carbonyl (C=O) groups is 1. The fraction of sp³-hybridized carbons (Fsp3) is 0.389. The molecule has 3 heterocycles. The SMILES string of the molecule is CCc1c(-c2nc(C3CCCN3C(C)=O)no2)oc2ccccc12. The molecule has 6 heteroatoms. The van der Waals surface area contributed by atoms with Crippen molar-refractivity contribution in [2.24, 2.45) is 0 Å². The highest BCUT2D eigenvalue weighted by Crippen LogP contribution is 2.35. The number of hydrogen-bond acceptors (Lipinski definition) is 5. The molecule has 1 fully saturated rings. The molecular weight excluding hydrogens is 306 g/mol. The van der Waals surface area contributed by atoms with E-state index < -0.39 is 0 Å². The van der Waals surface area contributed by atoms with Crippen molar-refractivity contribution in [3.05, 3.63) is 35.7 Å². The summed E-state index contributed by atoms with van der Waals surface area (Å²) in [5.74, 6) is 1.61. The largest absolute Gasteiger partial charge is 0.451 e. The van der Waals surface area contributed by atoms with E-state index in [4.69, 9.17) is 8.94 Å². The highest BCUT2D eigenvalue weighted by Gasteiger charge is 2.32. The molecule has 2 aromatic heterocycles. The van der Waals surface area contributed by atoms with Crippen LogP contribution in [0.15, 0.2) is 33.2 Å². The van der Waals surface area contributed by atoms with Gasteiger partial charge < -0.3 is 13.8 Å². The van der Waals surface area contributed by atoms with Crippen LogP contribution < -0.4 is 0 Å². The minimum Gasteiger partial charge on any atom is -0.451 e. The van der Waals surface area contributed by atoms with Crippen LogP contribution in [0, 0.1) is 0 Å². The van der Waals surface area contributed by atoms with E-state index in [0.29, 0.717) is 17.5 Å². The highest BCUT2D eigenvalue weighted by molar-refractivity contribution is 5.86. The maximum Gasteiger partial charge on any atom is 0.294 e. The molecule has 0 aliphatic carbocycles. The summed E-state index contributed by atoms with van der Waals surface area (Å²) in [6.07, 6.45) is 2.63. The van der Waals surface area contributed by atoms with Gasteiger partial charge in [-0.25, -0.2) is 0 Å². The lowest BCUT2D eigenvalue weighted by atomic mass is 10.1. The van der Waals surface area contributed by atoms with E-state index >= 15 is 0 Å². The lowest BCUT2D eigenvalue weighted by molar-refractivity contribution is -0.129. The molecule has 1 unspecified atom stereocenters. The summed E-state index contributed by atoms with van der Waals surface area (Å²) in [4.78, 5) is 18.1. The number of nitrogens with zero attached hydrogens (tertiary/aromatic N) is 3. The number of fused-ring (bicyclic) bond motifs is 1. The third-order valence-electron chi connectivity index (χ3n) is 4.64. The molecule has 1 saturated heterocycles. The molecule has 0 N–H and O–H groups in total. The Balaban J connectivity index is 1.74. The standard InChI is InChI=1S/C18H19N3O3/c1-3-12-13-7-4-5-9-15(13)23-16(12)18-19-17(20-24-18)14-8-6-10-21(14)11(2)22/h4-5,7,9,14H,3,6,8,10H2,1-2H3. The van der Waals surface area contributed by atoms with Crippen LogP contribution in [0.4, 0.5) is 0 Å². The van der Waals surface area contributed by atoms with Gasteiger partial charge in [0.1, 0.15) is 5.58 Å². The van der Waals surface area contributed by atoms with Crippen LogP contribution in [0.25, 0.3) is 22.6 Å². The summed E-state index contributed by atoms with van der Waals surface area (Å²) < 4.78 is 11.4. The van der Waals surface area contributed by atoms with Crippen molar-refractivity contribution in [2.45, 2.75) is 39.2 Å². The number of carbonyl (C=O) groups excluding carboxylic acids is 1. The van der Waals surface area contributed by atoms with Crippen molar-refractivity contribution < 1.29 is 13.7 Å². The van der Waals surface area contributed by atoms with E-state index in [-0.39, 0.29) is 11.9 Å². The lowest BCUT2D eigenvalue weighted by Gasteiger charge is -2.19. The molecule has 1 aliphatic heterocycles. The predicted octanol–water partition coefficient (Wildman–Crippen LogP) is 3.73. The number of hydrogen-bond donors (Lipinski definition) is 0. The average molecular weight is 325 g/mol. The minimum atomic E-state index is -0.102. The van der Waals surface area contributed by atoms with Gasteiger partial charge in [0.2, 0.25) is 5.91 Å². The van der Waals surface area contributed by atoms with E-state index in [1.54, 1.807) is 11.8 Å². The molecule has 1 aliphatic rings. The third kappa shape index (κ3) is 2.29. The Morgan fingerprint density at radius 1 is 1.38 bits per heavy atom. The second-order valence-electron chi connectivity index (χ2n) is 6.09. The molecule has 3 aromatic rings. The van der Waals surface area contributed by atoms with Gasteiger partial charge in [0.05, 0.1) is 6.04 Å². The fourth-order valence-electron chi connectivity index (χ4n) is 3.50. The van der Waals surface area contributed by atoms with Gasteiger partial charge in [-0.2, -0.15) is 4.98 Å². The van der Waals surface area contributed by atoms with Crippen LogP contribution in [-0.4, -0.2) is 27.5 Å². The van der Waals surface area contributed by atoms with Gasteiger partial charge in [-0.15, -0.1) is 0 Å². The third-order valence-corrected chi connectivity index (χ3v) is 4.64. The molecule has 1 aromatic carbocycles. The van der Waals surface area contributed by atoms with E-state index in [9.17, 15) is 4.79 Å². The second-order valence-corrected chi connectivity index (χ2v) is 6.09. The first-order valence-corrected chi connectivity index (χ1v) is 8.30. The number of furan rings is 1. The van der Waals surface area contributed by atoms with Gasteiger partial charge >= 0.3 is 0 Å². The van der Waals surface area contributed by atoms with Crippen LogP contribution in [-0.2, 0) is 11.2 Å². The minimum absolute atomic E-state index is 0.0434. The van der Waals surface area contributed by atoms with Crippen LogP contribution in [0.5, 0.6) is 0 Å². The Hall–Kier alpha value is -2.63. The van der Waals surface area contributed by atoms with Crippen LogP contribution in [0.3, 0.4) is 0 Å². The summed E-state index contributed by atoms with van der Waals surface area (Å²) in [6.45, 7) is 4.40. The maximum absolute atomic E-state index is 11.7. The zero-order valence-electron chi connectivity index (χ0n) is 13.8. The topological polar surface area (TPSA) is 72.4 Å². The van der Waals surface area contributed by atoms with Gasteiger partial charge in [-0.05, 0) is 25.3 Å². The number of rotatable bonds is 3. The number of amides is 1. The number of likely N-dealkylation sites (tertiary alicyclic amines) is 1. The first-order chi connectivity index (χ1) is 11.7. The van der Waals surface area contributed by atoms with Gasteiger partial charge in [0, 0.05) is 24.4 Å². The average Bonchev–Trinajstić information content (AvgIpc) is 3.30. The monoisotopic (exact) mass is 325 g/mol. The Morgan fingerprint density at radius 3 is 3.00 bits per heavy atom. The summed E-state index contributed by atoms with van der Waals surface area (Å²) in [7, 11) is 0. The predicted molar refractivity (Wildman–Crippen MR) is 88.2 cm³/mol. The number of aryl methyl sites for hydroxylation is 1. The van der Waals surface area contributed by atoms with Crippen molar-refractivity contribution in [2.75, 3.05) is 6.54 Å². The quantitative estimate of drug-likeness (QED) is 0.733. The smallest absolute Gasteiger partial charge is 0.294 e. The highest BCUT2D eigenvalue weighted by atomic mass is 16.5. The van der Waals surface area contributed by atoms with E-state index in [1.807, 2.05) is 24.3 Å². The molecule has 0 spiro atoms. The van der Waals surface area contributed by atoms with Crippen molar-refractivity contribution >= 4 is 16.9 Å². The zero-order valence-corrected chi connectivity index (χ0v) is 13.8. The molecule has 1 atom stereocenters. The van der Waals surface area contributed by atoms with Crippen molar-refractivity contribution in [1.82, 2.24) is 15.0 Å². The maximum atomic E-state index is 11.7.